The number of likely N-dealkylation sites (N-methyl/N-ethyl adjacent to an activating group) is 1. The number of hydrogen-bond acceptors (Lipinski definition) is 2. The molecule has 1 saturated heterocycles. The van der Waals surface area contributed by atoms with Crippen LogP contribution in [-0.2, 0) is 4.79 Å². The first-order chi connectivity index (χ1) is 8.75. The topological polar surface area (TPSA) is 32.3 Å². The largest absolute Gasteiger partial charge is 0.344 e. The molecule has 100 valence electrons. The SMILES string of the molecule is CN(CC1CCCN1)C(=O)C1C2C3CCC(C3)C12. The number of amides is 1. The van der Waals surface area contributed by atoms with Crippen molar-refractivity contribution in [2.45, 2.75) is 38.1 Å². The summed E-state index contributed by atoms with van der Waals surface area (Å²) in [5.74, 6) is 4.27. The second-order valence-corrected chi connectivity index (χ2v) is 7.03. The van der Waals surface area contributed by atoms with E-state index in [9.17, 15) is 4.79 Å². The molecule has 4 fully saturated rings. The summed E-state index contributed by atoms with van der Waals surface area (Å²) in [4.78, 5) is 14.5. The van der Waals surface area contributed by atoms with Gasteiger partial charge in [0.25, 0.3) is 0 Å². The molecule has 3 nitrogen and oxygen atoms in total. The van der Waals surface area contributed by atoms with Crippen molar-refractivity contribution >= 4 is 5.91 Å². The van der Waals surface area contributed by atoms with Crippen LogP contribution in [0.3, 0.4) is 0 Å². The van der Waals surface area contributed by atoms with Crippen LogP contribution in [0, 0.1) is 29.6 Å². The van der Waals surface area contributed by atoms with Gasteiger partial charge in [-0.15, -0.1) is 0 Å². The lowest BCUT2D eigenvalue weighted by atomic mass is 10.0. The molecule has 18 heavy (non-hydrogen) atoms. The van der Waals surface area contributed by atoms with Crippen molar-refractivity contribution in [1.82, 2.24) is 10.2 Å². The summed E-state index contributed by atoms with van der Waals surface area (Å²) in [6, 6.07) is 0.550. The standard InChI is InChI=1S/C15H24N2O/c1-17(8-11-3-2-6-16-11)15(18)14-12-9-4-5-10(7-9)13(12)14/h9-14,16H,2-8H2,1H3. The van der Waals surface area contributed by atoms with E-state index in [1.165, 1.54) is 32.1 Å². The Balaban J connectivity index is 1.36. The Labute approximate surface area is 109 Å². The van der Waals surface area contributed by atoms with Crippen LogP contribution in [-0.4, -0.2) is 37.0 Å². The number of nitrogens with zero attached hydrogens (tertiary/aromatic N) is 1. The highest BCUT2D eigenvalue weighted by molar-refractivity contribution is 5.82. The van der Waals surface area contributed by atoms with Crippen molar-refractivity contribution in [2.24, 2.45) is 29.6 Å². The minimum Gasteiger partial charge on any atom is -0.344 e. The summed E-state index contributed by atoms with van der Waals surface area (Å²) in [5, 5.41) is 3.49. The zero-order chi connectivity index (χ0) is 12.3. The normalized spacial score (nSPS) is 48.3. The van der Waals surface area contributed by atoms with Gasteiger partial charge < -0.3 is 10.2 Å². The third kappa shape index (κ3) is 1.56. The predicted octanol–water partition coefficient (Wildman–Crippen LogP) is 1.49. The molecule has 0 radical (unpaired) electrons. The zero-order valence-electron chi connectivity index (χ0n) is 11.3. The van der Waals surface area contributed by atoms with Crippen molar-refractivity contribution < 1.29 is 4.79 Å². The lowest BCUT2D eigenvalue weighted by Crippen LogP contribution is -2.40. The minimum absolute atomic E-state index is 0.419. The summed E-state index contributed by atoms with van der Waals surface area (Å²) >= 11 is 0. The van der Waals surface area contributed by atoms with Gasteiger partial charge in [0.2, 0.25) is 5.91 Å². The molecule has 1 amide bonds. The first-order valence-corrected chi connectivity index (χ1v) is 7.74. The number of carbonyl (C=O) groups excluding carboxylic acids is 1. The average molecular weight is 248 g/mol. The van der Waals surface area contributed by atoms with Crippen molar-refractivity contribution in [3.63, 3.8) is 0 Å². The highest BCUT2D eigenvalue weighted by Gasteiger charge is 2.67. The van der Waals surface area contributed by atoms with Crippen molar-refractivity contribution in [3.05, 3.63) is 0 Å². The van der Waals surface area contributed by atoms with Gasteiger partial charge in [-0.3, -0.25) is 4.79 Å². The molecule has 3 aliphatic carbocycles. The Hall–Kier alpha value is -0.570. The molecule has 1 aliphatic heterocycles. The fraction of sp³-hybridized carbons (Fsp3) is 0.933. The molecule has 1 N–H and O–H groups in total. The lowest BCUT2D eigenvalue weighted by molar-refractivity contribution is -0.132. The highest BCUT2D eigenvalue weighted by Crippen LogP contribution is 2.69. The molecule has 1 heterocycles. The average Bonchev–Trinajstić information content (AvgIpc) is 2.81. The number of hydrogen-bond donors (Lipinski definition) is 1. The molecule has 0 aromatic heterocycles. The molecular formula is C15H24N2O. The second kappa shape index (κ2) is 3.96. The van der Waals surface area contributed by atoms with E-state index in [-0.39, 0.29) is 0 Å². The van der Waals surface area contributed by atoms with Crippen molar-refractivity contribution in [3.8, 4) is 0 Å². The second-order valence-electron chi connectivity index (χ2n) is 7.03. The molecular weight excluding hydrogens is 224 g/mol. The Kier molecular flexibility index (Phi) is 2.48. The van der Waals surface area contributed by atoms with E-state index in [4.69, 9.17) is 0 Å². The van der Waals surface area contributed by atoms with Crippen LogP contribution in [0.5, 0.6) is 0 Å². The summed E-state index contributed by atoms with van der Waals surface area (Å²) in [6.07, 6.45) is 6.76. The Morgan fingerprint density at radius 2 is 1.94 bits per heavy atom. The molecule has 0 spiro atoms. The maximum absolute atomic E-state index is 12.5. The van der Waals surface area contributed by atoms with Gasteiger partial charge in [0, 0.05) is 25.6 Å². The van der Waals surface area contributed by atoms with E-state index in [0.717, 1.165) is 36.8 Å². The first-order valence-electron chi connectivity index (χ1n) is 7.74. The number of fused-ring (bicyclic) bond motifs is 5. The molecule has 3 heteroatoms. The fourth-order valence-corrected chi connectivity index (χ4v) is 5.24. The van der Waals surface area contributed by atoms with Crippen LogP contribution in [0.4, 0.5) is 0 Å². The monoisotopic (exact) mass is 248 g/mol. The van der Waals surface area contributed by atoms with E-state index in [2.05, 4.69) is 5.32 Å². The predicted molar refractivity (Wildman–Crippen MR) is 70.0 cm³/mol. The van der Waals surface area contributed by atoms with Crippen molar-refractivity contribution in [1.29, 1.82) is 0 Å². The summed E-state index contributed by atoms with van der Waals surface area (Å²) in [7, 11) is 2.01. The Morgan fingerprint density at radius 3 is 2.56 bits per heavy atom. The highest BCUT2D eigenvalue weighted by atomic mass is 16.2. The zero-order valence-corrected chi connectivity index (χ0v) is 11.3. The van der Waals surface area contributed by atoms with Gasteiger partial charge in [-0.1, -0.05) is 0 Å². The van der Waals surface area contributed by atoms with Gasteiger partial charge in [-0.25, -0.2) is 0 Å². The van der Waals surface area contributed by atoms with Gasteiger partial charge in [0.15, 0.2) is 0 Å². The molecule has 4 aliphatic rings. The van der Waals surface area contributed by atoms with Crippen molar-refractivity contribution in [2.75, 3.05) is 20.1 Å². The van der Waals surface area contributed by atoms with Gasteiger partial charge in [-0.05, 0) is 62.3 Å². The molecule has 5 atom stereocenters. The molecule has 0 aromatic rings. The van der Waals surface area contributed by atoms with Crippen LogP contribution < -0.4 is 5.32 Å². The van der Waals surface area contributed by atoms with Gasteiger partial charge >= 0.3 is 0 Å². The summed E-state index contributed by atoms with van der Waals surface area (Å²) < 4.78 is 0. The van der Waals surface area contributed by atoms with E-state index < -0.39 is 0 Å². The quantitative estimate of drug-likeness (QED) is 0.820. The fourth-order valence-electron chi connectivity index (χ4n) is 5.24. The third-order valence-electron chi connectivity index (χ3n) is 6.05. The van der Waals surface area contributed by atoms with Gasteiger partial charge in [0.1, 0.15) is 0 Å². The molecule has 5 unspecified atom stereocenters. The number of carbonyl (C=O) groups is 1. The van der Waals surface area contributed by atoms with Crippen LogP contribution in [0.15, 0.2) is 0 Å². The lowest BCUT2D eigenvalue weighted by Gasteiger charge is -2.22. The summed E-state index contributed by atoms with van der Waals surface area (Å²) in [6.45, 7) is 2.05. The van der Waals surface area contributed by atoms with Crippen LogP contribution in [0.25, 0.3) is 0 Å². The first kappa shape index (κ1) is 11.3. The maximum Gasteiger partial charge on any atom is 0.226 e. The van der Waals surface area contributed by atoms with Gasteiger partial charge in [-0.2, -0.15) is 0 Å². The molecule has 2 bridgehead atoms. The number of nitrogens with one attached hydrogen (secondary N) is 1. The van der Waals surface area contributed by atoms with Crippen LogP contribution in [0.2, 0.25) is 0 Å². The van der Waals surface area contributed by atoms with E-state index in [1.807, 2.05) is 11.9 Å². The van der Waals surface area contributed by atoms with E-state index in [1.54, 1.807) is 0 Å². The van der Waals surface area contributed by atoms with Crippen LogP contribution >= 0.6 is 0 Å². The minimum atomic E-state index is 0.419. The molecule has 3 saturated carbocycles. The summed E-state index contributed by atoms with van der Waals surface area (Å²) in [5.41, 5.74) is 0. The molecule has 4 rings (SSSR count). The van der Waals surface area contributed by atoms with E-state index in [0.29, 0.717) is 17.9 Å². The van der Waals surface area contributed by atoms with Crippen LogP contribution in [0.1, 0.15) is 32.1 Å². The third-order valence-corrected chi connectivity index (χ3v) is 6.05. The maximum atomic E-state index is 12.5. The van der Waals surface area contributed by atoms with E-state index >= 15 is 0 Å². The number of rotatable bonds is 3. The Morgan fingerprint density at radius 1 is 1.22 bits per heavy atom. The Bertz CT molecular complexity index is 348. The van der Waals surface area contributed by atoms with Gasteiger partial charge in [0.05, 0.1) is 0 Å². The molecule has 0 aromatic carbocycles. The smallest absolute Gasteiger partial charge is 0.226 e.